The lowest BCUT2D eigenvalue weighted by Crippen LogP contribution is -2.18. The zero-order valence-corrected chi connectivity index (χ0v) is 20.7. The van der Waals surface area contributed by atoms with E-state index < -0.39 is 9.84 Å². The van der Waals surface area contributed by atoms with Crippen molar-refractivity contribution in [2.45, 2.75) is 31.6 Å². The quantitative estimate of drug-likeness (QED) is 0.415. The number of halogens is 1. The number of anilines is 2. The van der Waals surface area contributed by atoms with E-state index in [0.717, 1.165) is 35.3 Å². The highest BCUT2D eigenvalue weighted by molar-refractivity contribution is 7.91. The van der Waals surface area contributed by atoms with E-state index >= 15 is 0 Å². The zero-order chi connectivity index (χ0) is 24.0. The summed E-state index contributed by atoms with van der Waals surface area (Å²) in [6.45, 7) is 4.69. The van der Waals surface area contributed by atoms with Gasteiger partial charge < -0.3 is 10.2 Å². The largest absolute Gasteiger partial charge is 0.374 e. The topological polar surface area (TPSA) is 66.5 Å². The van der Waals surface area contributed by atoms with Crippen molar-refractivity contribution in [1.29, 1.82) is 0 Å². The highest BCUT2D eigenvalue weighted by Gasteiger charge is 2.14. The summed E-state index contributed by atoms with van der Waals surface area (Å²) < 4.78 is 23.9. The first-order valence-corrected chi connectivity index (χ1v) is 13.0. The molecule has 1 N–H and O–H groups in total. The van der Waals surface area contributed by atoms with E-state index in [1.165, 1.54) is 0 Å². The Morgan fingerprint density at radius 2 is 1.67 bits per heavy atom. The molecule has 33 heavy (non-hydrogen) atoms. The van der Waals surface area contributed by atoms with Gasteiger partial charge in [0, 0.05) is 36.1 Å². The number of amides is 1. The van der Waals surface area contributed by atoms with Crippen LogP contribution in [0.3, 0.4) is 0 Å². The Kier molecular flexibility index (Phi) is 8.16. The zero-order valence-electron chi connectivity index (χ0n) is 19.1. The summed E-state index contributed by atoms with van der Waals surface area (Å²) in [6, 6.07) is 20.1. The Bertz CT molecular complexity index is 1220. The van der Waals surface area contributed by atoms with Crippen LogP contribution < -0.4 is 10.2 Å². The molecule has 5 nitrogen and oxygen atoms in total. The molecule has 3 aromatic rings. The summed E-state index contributed by atoms with van der Waals surface area (Å²) in [7, 11) is -1.19. The molecule has 0 aliphatic rings. The minimum atomic E-state index is -3.25. The van der Waals surface area contributed by atoms with E-state index in [1.807, 2.05) is 30.3 Å². The van der Waals surface area contributed by atoms with Crippen LogP contribution in [0.5, 0.6) is 0 Å². The van der Waals surface area contributed by atoms with Crippen molar-refractivity contribution in [3.63, 3.8) is 0 Å². The highest BCUT2D eigenvalue weighted by Crippen LogP contribution is 2.36. The van der Waals surface area contributed by atoms with E-state index in [9.17, 15) is 13.2 Å². The van der Waals surface area contributed by atoms with E-state index in [-0.39, 0.29) is 23.0 Å². The van der Waals surface area contributed by atoms with Gasteiger partial charge in [-0.05, 0) is 42.3 Å². The lowest BCUT2D eigenvalue weighted by Gasteiger charge is -2.22. The fourth-order valence-corrected chi connectivity index (χ4v) is 4.84. The summed E-state index contributed by atoms with van der Waals surface area (Å²) in [6.07, 6.45) is 1.18. The Morgan fingerprint density at radius 3 is 2.30 bits per heavy atom. The normalized spacial score (nSPS) is 11.3. The number of para-hydroxylation sites is 1. The minimum Gasteiger partial charge on any atom is -0.374 e. The SMILES string of the molecule is CCCN(C)c1ccccc1-c1ccc(NC(=O)Cc2ccc(S(=O)(=O)CC)cc2)cc1Cl. The molecule has 0 saturated carbocycles. The van der Waals surface area contributed by atoms with E-state index in [1.54, 1.807) is 37.3 Å². The third-order valence-electron chi connectivity index (χ3n) is 5.44. The third kappa shape index (κ3) is 6.15. The van der Waals surface area contributed by atoms with Crippen molar-refractivity contribution in [2.75, 3.05) is 29.6 Å². The Hall–Kier alpha value is -2.83. The molecular formula is C26H29ClN2O3S. The lowest BCUT2D eigenvalue weighted by atomic mass is 10.0. The molecule has 0 radical (unpaired) electrons. The van der Waals surface area contributed by atoms with Crippen LogP contribution >= 0.6 is 11.6 Å². The molecule has 3 aromatic carbocycles. The molecule has 7 heteroatoms. The number of benzene rings is 3. The predicted octanol–water partition coefficient (Wildman–Crippen LogP) is 5.83. The second-order valence-electron chi connectivity index (χ2n) is 7.91. The maximum Gasteiger partial charge on any atom is 0.228 e. The molecule has 0 saturated heterocycles. The summed E-state index contributed by atoms with van der Waals surface area (Å²) >= 11 is 6.61. The Balaban J connectivity index is 1.73. The van der Waals surface area contributed by atoms with Gasteiger partial charge in [0.05, 0.1) is 22.1 Å². The average Bonchev–Trinajstić information content (AvgIpc) is 2.79. The summed E-state index contributed by atoms with van der Waals surface area (Å²) in [5.74, 6) is -0.156. The van der Waals surface area contributed by atoms with Gasteiger partial charge in [-0.15, -0.1) is 0 Å². The number of hydrogen-bond acceptors (Lipinski definition) is 4. The Morgan fingerprint density at radius 1 is 0.970 bits per heavy atom. The number of carbonyl (C=O) groups excluding carboxylic acids is 1. The van der Waals surface area contributed by atoms with Crippen molar-refractivity contribution in [2.24, 2.45) is 0 Å². The molecule has 0 unspecified atom stereocenters. The third-order valence-corrected chi connectivity index (χ3v) is 7.51. The Labute approximate surface area is 201 Å². The predicted molar refractivity (Wildman–Crippen MR) is 137 cm³/mol. The van der Waals surface area contributed by atoms with E-state index in [0.29, 0.717) is 10.7 Å². The first kappa shape index (κ1) is 24.8. The van der Waals surface area contributed by atoms with E-state index in [4.69, 9.17) is 11.6 Å². The van der Waals surface area contributed by atoms with Gasteiger partial charge in [-0.3, -0.25) is 4.79 Å². The molecule has 0 bridgehead atoms. The van der Waals surface area contributed by atoms with Gasteiger partial charge >= 0.3 is 0 Å². The summed E-state index contributed by atoms with van der Waals surface area (Å²) in [4.78, 5) is 15.0. The van der Waals surface area contributed by atoms with Gasteiger partial charge in [0.2, 0.25) is 5.91 Å². The molecule has 0 aliphatic carbocycles. The van der Waals surface area contributed by atoms with Crippen molar-refractivity contribution < 1.29 is 13.2 Å². The smallest absolute Gasteiger partial charge is 0.228 e. The lowest BCUT2D eigenvalue weighted by molar-refractivity contribution is -0.115. The fourth-order valence-electron chi connectivity index (χ4n) is 3.67. The minimum absolute atomic E-state index is 0.0446. The second kappa shape index (κ2) is 10.9. The van der Waals surface area contributed by atoms with Crippen LogP contribution in [0.25, 0.3) is 11.1 Å². The second-order valence-corrected chi connectivity index (χ2v) is 10.6. The van der Waals surface area contributed by atoms with Gasteiger partial charge in [0.25, 0.3) is 0 Å². The van der Waals surface area contributed by atoms with Crippen molar-refractivity contribution in [3.05, 3.63) is 77.3 Å². The number of nitrogens with one attached hydrogen (secondary N) is 1. The molecule has 174 valence electrons. The van der Waals surface area contributed by atoms with Gasteiger partial charge in [0.15, 0.2) is 9.84 Å². The molecule has 0 fully saturated rings. The average molecular weight is 485 g/mol. The molecule has 0 heterocycles. The van der Waals surface area contributed by atoms with Crippen molar-refractivity contribution in [3.8, 4) is 11.1 Å². The molecule has 0 atom stereocenters. The van der Waals surface area contributed by atoms with Gasteiger partial charge in [-0.25, -0.2) is 8.42 Å². The first-order chi connectivity index (χ1) is 15.7. The van der Waals surface area contributed by atoms with Crippen LogP contribution in [0, 0.1) is 0 Å². The molecule has 0 aliphatic heterocycles. The van der Waals surface area contributed by atoms with Crippen molar-refractivity contribution in [1.82, 2.24) is 0 Å². The maximum absolute atomic E-state index is 12.5. The van der Waals surface area contributed by atoms with Gasteiger partial charge in [-0.1, -0.05) is 61.8 Å². The number of nitrogens with zero attached hydrogens (tertiary/aromatic N) is 1. The van der Waals surface area contributed by atoms with Crippen molar-refractivity contribution >= 4 is 38.7 Å². The van der Waals surface area contributed by atoms with Crippen LogP contribution in [0.1, 0.15) is 25.8 Å². The fraction of sp³-hybridized carbons (Fsp3) is 0.269. The molecule has 3 rings (SSSR count). The van der Waals surface area contributed by atoms with Gasteiger partial charge in [-0.2, -0.15) is 0 Å². The standard InChI is InChI=1S/C26H29ClN2O3S/c1-4-16-29(3)25-9-7-6-8-23(25)22-15-12-20(18-24(22)27)28-26(30)17-19-10-13-21(14-11-19)33(31,32)5-2/h6-15,18H,4-5,16-17H2,1-3H3,(H,28,30). The highest BCUT2D eigenvalue weighted by atomic mass is 35.5. The molecule has 0 spiro atoms. The van der Waals surface area contributed by atoms with Crippen LogP contribution in [0.15, 0.2) is 71.6 Å². The number of carbonyl (C=O) groups is 1. The summed E-state index contributed by atoms with van der Waals surface area (Å²) in [5.41, 5.74) is 4.39. The monoisotopic (exact) mass is 484 g/mol. The van der Waals surface area contributed by atoms with Crippen LogP contribution in [0.2, 0.25) is 5.02 Å². The number of rotatable bonds is 9. The summed E-state index contributed by atoms with van der Waals surface area (Å²) in [5, 5.41) is 3.43. The molecular weight excluding hydrogens is 456 g/mol. The number of sulfone groups is 1. The molecule has 1 amide bonds. The van der Waals surface area contributed by atoms with E-state index in [2.05, 4.69) is 30.3 Å². The first-order valence-electron chi connectivity index (χ1n) is 11.0. The maximum atomic E-state index is 12.5. The van der Waals surface area contributed by atoms with Crippen LogP contribution in [0.4, 0.5) is 11.4 Å². The number of hydrogen-bond donors (Lipinski definition) is 1. The van der Waals surface area contributed by atoms with Gasteiger partial charge in [0.1, 0.15) is 0 Å². The van der Waals surface area contributed by atoms with Crippen LogP contribution in [-0.2, 0) is 21.1 Å². The van der Waals surface area contributed by atoms with Crippen LogP contribution in [-0.4, -0.2) is 33.7 Å². The molecule has 0 aromatic heterocycles.